The second kappa shape index (κ2) is 15.5. The van der Waals surface area contributed by atoms with Gasteiger partial charge in [0, 0.05) is 47.3 Å². The molecule has 61 heavy (non-hydrogen) atoms. The zero-order chi connectivity index (χ0) is 40.6. The van der Waals surface area contributed by atoms with Gasteiger partial charge >= 0.3 is 0 Å². The number of nitrogens with zero attached hydrogens (tertiary/aromatic N) is 1. The van der Waals surface area contributed by atoms with Crippen molar-refractivity contribution >= 4 is 59.8 Å². The third-order valence-corrected chi connectivity index (χ3v) is 15.7. The van der Waals surface area contributed by atoms with Crippen molar-refractivity contribution in [1.82, 2.24) is 0 Å². The summed E-state index contributed by atoms with van der Waals surface area (Å²) in [6, 6.07) is 90.1. The monoisotopic (exact) mass is 799 g/mol. The summed E-state index contributed by atoms with van der Waals surface area (Å²) in [5, 5.41) is 4.65. The molecule has 10 aromatic carbocycles. The summed E-state index contributed by atoms with van der Waals surface area (Å²) in [6.45, 7) is 0. The van der Waals surface area contributed by atoms with E-state index in [4.69, 9.17) is 4.42 Å². The Morgan fingerprint density at radius 3 is 1.46 bits per heavy atom. The molecule has 0 bridgehead atoms. The molecule has 0 atom stereocenters. The fraction of sp³-hybridized carbons (Fsp3) is 0. The van der Waals surface area contributed by atoms with Crippen LogP contribution in [0.25, 0.3) is 55.0 Å². The van der Waals surface area contributed by atoms with Gasteiger partial charge in [-0.2, -0.15) is 0 Å². The first-order valence-corrected chi connectivity index (χ1v) is 22.4. The Kier molecular flexibility index (Phi) is 9.30. The van der Waals surface area contributed by atoms with Gasteiger partial charge in [0.2, 0.25) is 0 Å². The molecule has 0 aliphatic rings. The number of furan rings is 1. The van der Waals surface area contributed by atoms with Gasteiger partial charge in [-0.3, -0.25) is 0 Å². The van der Waals surface area contributed by atoms with Gasteiger partial charge in [-0.25, -0.2) is 0 Å². The first kappa shape index (κ1) is 36.5. The van der Waals surface area contributed by atoms with Crippen molar-refractivity contribution in [2.24, 2.45) is 0 Å². The fourth-order valence-corrected chi connectivity index (χ4v) is 12.9. The molecule has 2 nitrogen and oxygen atoms in total. The predicted molar refractivity (Wildman–Crippen MR) is 257 cm³/mol. The average Bonchev–Trinajstić information content (AvgIpc) is 3.73. The smallest absolute Gasteiger partial charge is 0.159 e. The molecule has 0 unspecified atom stereocenters. The molecule has 0 saturated carbocycles. The van der Waals surface area contributed by atoms with Gasteiger partial charge in [0.15, 0.2) is 5.58 Å². The van der Waals surface area contributed by atoms with Crippen LogP contribution in [0, 0.1) is 0 Å². The van der Waals surface area contributed by atoms with E-state index in [0.717, 1.165) is 50.1 Å². The zero-order valence-electron chi connectivity index (χ0n) is 33.4. The lowest BCUT2D eigenvalue weighted by atomic mass is 9.98. The fourth-order valence-electron chi connectivity index (χ4n) is 9.02. The highest BCUT2D eigenvalue weighted by atomic mass is 32.3. The molecule has 0 aliphatic heterocycles. The molecule has 0 radical (unpaired) electrons. The minimum Gasteiger partial charge on any atom is -0.453 e. The van der Waals surface area contributed by atoms with E-state index in [-0.39, 0.29) is 0 Å². The standard InChI is InChI=1S/C58H41NOS/c1-5-19-43(20-6-1)53-33-17-34-54-55-35-18-36-56(58(55)60-57(53)54)59(45-39-37-44(38-40-45)52-32-15-22-42-21-13-14-31-51(42)52)46-23-16-30-50(41-46)61(47-24-7-2-8-25-47,48-26-9-3-10-27-48)49-28-11-4-12-29-49/h1-41H. The molecule has 290 valence electrons. The van der Waals surface area contributed by atoms with E-state index in [0.29, 0.717) is 0 Å². The van der Waals surface area contributed by atoms with Gasteiger partial charge in [-0.15, -0.1) is 10.0 Å². The number of benzene rings is 10. The number of hydrogen-bond donors (Lipinski definition) is 0. The number of anilines is 3. The summed E-state index contributed by atoms with van der Waals surface area (Å²) >= 11 is 0. The van der Waals surface area contributed by atoms with Crippen LogP contribution < -0.4 is 4.90 Å². The number of rotatable bonds is 9. The molecule has 0 N–H and O–H groups in total. The maximum Gasteiger partial charge on any atom is 0.159 e. The third-order valence-electron chi connectivity index (χ3n) is 11.8. The van der Waals surface area contributed by atoms with Crippen molar-refractivity contribution in [3.05, 3.63) is 249 Å². The minimum atomic E-state index is -1.94. The van der Waals surface area contributed by atoms with Gasteiger partial charge in [-0.05, 0) is 100 Å². The van der Waals surface area contributed by atoms with E-state index in [2.05, 4.69) is 254 Å². The first-order chi connectivity index (χ1) is 30.3. The highest BCUT2D eigenvalue weighted by Gasteiger charge is 2.34. The highest BCUT2D eigenvalue weighted by Crippen LogP contribution is 2.73. The Balaban J connectivity index is 1.16. The van der Waals surface area contributed by atoms with Gasteiger partial charge in [0.1, 0.15) is 5.58 Å². The number of fused-ring (bicyclic) bond motifs is 4. The van der Waals surface area contributed by atoms with E-state index in [1.807, 2.05) is 0 Å². The number of para-hydroxylation sites is 2. The van der Waals surface area contributed by atoms with Crippen LogP contribution in [0.4, 0.5) is 17.1 Å². The largest absolute Gasteiger partial charge is 0.453 e. The van der Waals surface area contributed by atoms with Crippen LogP contribution >= 0.6 is 10.0 Å². The van der Waals surface area contributed by atoms with E-state index in [1.165, 1.54) is 41.5 Å². The van der Waals surface area contributed by atoms with Crippen LogP contribution in [0.3, 0.4) is 0 Å². The maximum atomic E-state index is 7.10. The molecule has 1 aromatic heterocycles. The summed E-state index contributed by atoms with van der Waals surface area (Å²) in [6.07, 6.45) is 0. The van der Waals surface area contributed by atoms with Crippen molar-refractivity contribution in [2.75, 3.05) is 4.90 Å². The van der Waals surface area contributed by atoms with E-state index in [1.54, 1.807) is 0 Å². The molecule has 0 saturated heterocycles. The number of hydrogen-bond acceptors (Lipinski definition) is 2. The van der Waals surface area contributed by atoms with Crippen molar-refractivity contribution in [2.45, 2.75) is 19.6 Å². The Morgan fingerprint density at radius 2 is 0.787 bits per heavy atom. The van der Waals surface area contributed by atoms with Crippen LogP contribution in [0.5, 0.6) is 0 Å². The van der Waals surface area contributed by atoms with Gasteiger partial charge in [-0.1, -0.05) is 176 Å². The van der Waals surface area contributed by atoms with E-state index in [9.17, 15) is 0 Å². The van der Waals surface area contributed by atoms with Gasteiger partial charge in [0.05, 0.1) is 5.69 Å². The highest BCUT2D eigenvalue weighted by molar-refractivity contribution is 8.34. The van der Waals surface area contributed by atoms with Crippen LogP contribution in [0.2, 0.25) is 0 Å². The molecular weight excluding hydrogens is 759 g/mol. The predicted octanol–water partition coefficient (Wildman–Crippen LogP) is 16.9. The van der Waals surface area contributed by atoms with Gasteiger partial charge < -0.3 is 9.32 Å². The second-order valence-corrected chi connectivity index (χ2v) is 18.4. The quantitative estimate of drug-likeness (QED) is 0.145. The Hall–Kier alpha value is -7.59. The first-order valence-electron chi connectivity index (χ1n) is 20.7. The molecule has 0 amide bonds. The van der Waals surface area contributed by atoms with Crippen LogP contribution in [0.15, 0.2) is 273 Å². The summed E-state index contributed by atoms with van der Waals surface area (Å²) < 4.78 is 7.10. The topological polar surface area (TPSA) is 16.4 Å². The minimum absolute atomic E-state index is 0.845. The Labute approximate surface area is 357 Å². The Bertz CT molecular complexity index is 3190. The van der Waals surface area contributed by atoms with Gasteiger partial charge in [0.25, 0.3) is 0 Å². The van der Waals surface area contributed by atoms with Crippen molar-refractivity contribution in [3.63, 3.8) is 0 Å². The summed E-state index contributed by atoms with van der Waals surface area (Å²) in [5.41, 5.74) is 9.39. The summed E-state index contributed by atoms with van der Waals surface area (Å²) in [4.78, 5) is 7.47. The SMILES string of the molecule is c1ccc(-c2cccc3c2oc2c(N(c4ccc(-c5cccc6ccccc56)cc4)c4cccc(S(c5ccccc5)(c5ccccc5)c5ccccc5)c4)cccc23)cc1. The summed E-state index contributed by atoms with van der Waals surface area (Å²) in [5.74, 6) is 0. The van der Waals surface area contributed by atoms with Crippen LogP contribution in [0.1, 0.15) is 0 Å². The second-order valence-electron chi connectivity index (χ2n) is 15.3. The average molecular weight is 800 g/mol. The molecule has 3 heteroatoms. The van der Waals surface area contributed by atoms with Crippen molar-refractivity contribution in [1.29, 1.82) is 0 Å². The van der Waals surface area contributed by atoms with Crippen molar-refractivity contribution in [3.8, 4) is 22.3 Å². The Morgan fingerprint density at radius 1 is 0.311 bits per heavy atom. The van der Waals surface area contributed by atoms with Crippen LogP contribution in [-0.2, 0) is 0 Å². The molecule has 11 rings (SSSR count). The molecule has 1 heterocycles. The molecule has 0 aliphatic carbocycles. The molecule has 11 aromatic rings. The molecular formula is C58H41NOS. The maximum absolute atomic E-state index is 7.10. The lowest BCUT2D eigenvalue weighted by molar-refractivity contribution is 0.670. The lowest BCUT2D eigenvalue weighted by Crippen LogP contribution is -2.11. The summed E-state index contributed by atoms with van der Waals surface area (Å²) in [7, 11) is -1.94. The lowest BCUT2D eigenvalue weighted by Gasteiger charge is -2.42. The normalized spacial score (nSPS) is 11.9. The van der Waals surface area contributed by atoms with Crippen LogP contribution in [-0.4, -0.2) is 0 Å². The van der Waals surface area contributed by atoms with E-state index >= 15 is 0 Å². The zero-order valence-corrected chi connectivity index (χ0v) is 34.3. The third kappa shape index (κ3) is 6.30. The van der Waals surface area contributed by atoms with Crippen molar-refractivity contribution < 1.29 is 4.42 Å². The molecule has 0 fully saturated rings. The molecule has 0 spiro atoms. The van der Waals surface area contributed by atoms with E-state index < -0.39 is 10.0 Å².